The van der Waals surface area contributed by atoms with Gasteiger partial charge in [-0.3, -0.25) is 4.68 Å². The van der Waals surface area contributed by atoms with Gasteiger partial charge in [0.1, 0.15) is 11.9 Å². The summed E-state index contributed by atoms with van der Waals surface area (Å²) in [6, 6.07) is 0. The van der Waals surface area contributed by atoms with Crippen molar-refractivity contribution < 1.29 is 9.13 Å². The quantitative estimate of drug-likeness (QED) is 0.849. The highest BCUT2D eigenvalue weighted by atomic mass is 19.1. The maximum Gasteiger partial charge on any atom is 0.256 e. The number of ether oxygens (including phenoxy) is 1. The van der Waals surface area contributed by atoms with E-state index < -0.39 is 6.17 Å². The summed E-state index contributed by atoms with van der Waals surface area (Å²) in [5, 5.41) is 7.82. The number of likely N-dealkylation sites (tertiary alicyclic amines) is 1. The molecule has 0 spiro atoms. The van der Waals surface area contributed by atoms with Crippen LogP contribution in [-0.2, 0) is 7.05 Å². The Morgan fingerprint density at radius 2 is 2.03 bits per heavy atom. The second-order valence-electron chi connectivity index (χ2n) is 8.12. The molecule has 8 heteroatoms. The van der Waals surface area contributed by atoms with E-state index in [1.165, 1.54) is 5.57 Å². The summed E-state index contributed by atoms with van der Waals surface area (Å²) in [5.41, 5.74) is 5.15. The lowest BCUT2D eigenvalue weighted by atomic mass is 10.1. The van der Waals surface area contributed by atoms with Crippen LogP contribution in [0.5, 0.6) is 5.88 Å². The van der Waals surface area contributed by atoms with Crippen molar-refractivity contribution in [3.63, 3.8) is 0 Å². The topological polar surface area (TPSA) is 60.1 Å². The molecule has 4 heterocycles. The SMILES string of the molecule is COc1nn(C)cc1NC1=C(C)CCC(N2CC(C)C(F)C2)=Cn2c(C)cnc21. The molecule has 2 atom stereocenters. The van der Waals surface area contributed by atoms with Crippen LogP contribution < -0.4 is 10.1 Å². The normalized spacial score (nSPS) is 22.3. The Balaban J connectivity index is 1.72. The zero-order valence-electron chi connectivity index (χ0n) is 17.7. The van der Waals surface area contributed by atoms with Gasteiger partial charge in [-0.2, -0.15) is 0 Å². The summed E-state index contributed by atoms with van der Waals surface area (Å²) in [4.78, 5) is 6.87. The Bertz CT molecular complexity index is 962. The minimum Gasteiger partial charge on any atom is -0.478 e. The third-order valence-corrected chi connectivity index (χ3v) is 5.84. The molecule has 1 N–H and O–H groups in total. The Hall–Kier alpha value is -2.77. The molecule has 2 aliphatic heterocycles. The first-order valence-corrected chi connectivity index (χ1v) is 10.1. The van der Waals surface area contributed by atoms with Crippen molar-refractivity contribution >= 4 is 17.6 Å². The summed E-state index contributed by atoms with van der Waals surface area (Å²) in [6.45, 7) is 7.37. The van der Waals surface area contributed by atoms with Crippen LogP contribution in [0, 0.1) is 12.8 Å². The highest BCUT2D eigenvalue weighted by Crippen LogP contribution is 2.33. The number of alkyl halides is 1. The van der Waals surface area contributed by atoms with Crippen LogP contribution >= 0.6 is 0 Å². The number of hydrogen-bond donors (Lipinski definition) is 1. The van der Waals surface area contributed by atoms with Crippen molar-refractivity contribution in [2.75, 3.05) is 25.5 Å². The maximum absolute atomic E-state index is 14.1. The number of aryl methyl sites for hydroxylation is 2. The van der Waals surface area contributed by atoms with Gasteiger partial charge in [0.05, 0.1) is 19.0 Å². The molecule has 2 unspecified atom stereocenters. The van der Waals surface area contributed by atoms with E-state index in [4.69, 9.17) is 4.74 Å². The summed E-state index contributed by atoms with van der Waals surface area (Å²) in [5.74, 6) is 1.45. The third-order valence-electron chi connectivity index (χ3n) is 5.84. The van der Waals surface area contributed by atoms with E-state index in [0.717, 1.165) is 48.0 Å². The largest absolute Gasteiger partial charge is 0.478 e. The Morgan fingerprint density at radius 3 is 2.72 bits per heavy atom. The minimum atomic E-state index is -0.767. The average molecular weight is 401 g/mol. The first-order valence-electron chi connectivity index (χ1n) is 10.1. The molecule has 156 valence electrons. The van der Waals surface area contributed by atoms with Gasteiger partial charge in [0, 0.05) is 49.8 Å². The fourth-order valence-electron chi connectivity index (χ4n) is 4.04. The molecule has 0 aromatic carbocycles. The molecule has 0 aliphatic carbocycles. The predicted octanol–water partition coefficient (Wildman–Crippen LogP) is 3.66. The number of nitrogens with one attached hydrogen (secondary N) is 1. The van der Waals surface area contributed by atoms with Crippen LogP contribution in [0.15, 0.2) is 23.7 Å². The van der Waals surface area contributed by atoms with Crippen molar-refractivity contribution in [3.8, 4) is 5.88 Å². The number of fused-ring (bicyclic) bond motifs is 1. The third kappa shape index (κ3) is 3.63. The second-order valence-corrected chi connectivity index (χ2v) is 8.12. The van der Waals surface area contributed by atoms with Gasteiger partial charge in [0.2, 0.25) is 0 Å². The predicted molar refractivity (Wildman–Crippen MR) is 112 cm³/mol. The minimum absolute atomic E-state index is 0.0663. The number of aromatic nitrogens is 4. The number of methoxy groups -OCH3 is 1. The van der Waals surface area contributed by atoms with E-state index in [0.29, 0.717) is 12.4 Å². The number of allylic oxidation sites excluding steroid dienone is 2. The number of halogens is 1. The number of nitrogens with zero attached hydrogens (tertiary/aromatic N) is 5. The Morgan fingerprint density at radius 1 is 1.24 bits per heavy atom. The summed E-state index contributed by atoms with van der Waals surface area (Å²) in [7, 11) is 3.48. The van der Waals surface area contributed by atoms with Crippen molar-refractivity contribution in [1.29, 1.82) is 0 Å². The van der Waals surface area contributed by atoms with E-state index in [1.54, 1.807) is 11.8 Å². The molecule has 1 fully saturated rings. The molecule has 2 aliphatic rings. The average Bonchev–Trinajstić information content (AvgIpc) is 3.32. The fourth-order valence-corrected chi connectivity index (χ4v) is 4.04. The second kappa shape index (κ2) is 7.57. The molecule has 2 aromatic heterocycles. The van der Waals surface area contributed by atoms with Crippen LogP contribution in [-0.4, -0.2) is 50.6 Å². The van der Waals surface area contributed by atoms with Crippen LogP contribution in [0.2, 0.25) is 0 Å². The molecular formula is C21H29FN6O. The number of anilines is 1. The summed E-state index contributed by atoms with van der Waals surface area (Å²) in [6.07, 6.45) is 6.84. The first-order chi connectivity index (χ1) is 13.9. The Kier molecular flexibility index (Phi) is 5.10. The van der Waals surface area contributed by atoms with E-state index in [-0.39, 0.29) is 5.92 Å². The van der Waals surface area contributed by atoms with Crippen molar-refractivity contribution in [2.45, 2.75) is 39.8 Å². The van der Waals surface area contributed by atoms with Crippen LogP contribution in [0.3, 0.4) is 0 Å². The Labute approximate surface area is 170 Å². The van der Waals surface area contributed by atoms with Gasteiger partial charge >= 0.3 is 0 Å². The van der Waals surface area contributed by atoms with E-state index in [2.05, 4.69) is 38.0 Å². The van der Waals surface area contributed by atoms with E-state index in [1.807, 2.05) is 33.3 Å². The zero-order valence-corrected chi connectivity index (χ0v) is 17.7. The van der Waals surface area contributed by atoms with Crippen LogP contribution in [0.4, 0.5) is 10.1 Å². The molecule has 29 heavy (non-hydrogen) atoms. The number of imidazole rings is 1. The highest BCUT2D eigenvalue weighted by Gasteiger charge is 2.31. The van der Waals surface area contributed by atoms with Gasteiger partial charge in [-0.1, -0.05) is 6.92 Å². The van der Waals surface area contributed by atoms with E-state index in [9.17, 15) is 4.39 Å². The fraction of sp³-hybridized carbons (Fsp3) is 0.524. The van der Waals surface area contributed by atoms with Gasteiger partial charge in [-0.05, 0) is 32.3 Å². The van der Waals surface area contributed by atoms with Crippen LogP contribution in [0.25, 0.3) is 11.9 Å². The molecule has 0 radical (unpaired) electrons. The molecule has 0 saturated carbocycles. The van der Waals surface area contributed by atoms with Gasteiger partial charge in [0.15, 0.2) is 5.82 Å². The highest BCUT2D eigenvalue weighted by molar-refractivity contribution is 5.79. The molecule has 4 rings (SSSR count). The standard InChI is InChI=1S/C21H29FN6O/c1-13-6-7-16(27-9-14(2)17(22)11-27)10-28-15(3)8-23-20(28)19(13)24-18-12-26(4)25-21(18)29-5/h8,10,12,14,17,24H,6-7,9,11H2,1-5H3. The summed E-state index contributed by atoms with van der Waals surface area (Å²) >= 11 is 0. The van der Waals surface area contributed by atoms with Crippen molar-refractivity contribution in [3.05, 3.63) is 35.2 Å². The lowest BCUT2D eigenvalue weighted by molar-refractivity contribution is 0.289. The van der Waals surface area contributed by atoms with Gasteiger partial charge in [0.25, 0.3) is 5.88 Å². The lowest BCUT2D eigenvalue weighted by Crippen LogP contribution is -2.22. The molecule has 0 bridgehead atoms. The molecule has 2 aromatic rings. The molecule has 7 nitrogen and oxygen atoms in total. The number of hydrogen-bond acceptors (Lipinski definition) is 5. The lowest BCUT2D eigenvalue weighted by Gasteiger charge is -2.25. The van der Waals surface area contributed by atoms with Crippen LogP contribution in [0.1, 0.15) is 38.2 Å². The number of rotatable bonds is 4. The molecule has 0 amide bonds. The van der Waals surface area contributed by atoms with Gasteiger partial charge in [-0.25, -0.2) is 9.37 Å². The van der Waals surface area contributed by atoms with Gasteiger partial charge in [-0.15, -0.1) is 5.10 Å². The molecular weight excluding hydrogens is 371 g/mol. The van der Waals surface area contributed by atoms with Gasteiger partial charge < -0.3 is 19.5 Å². The summed E-state index contributed by atoms with van der Waals surface area (Å²) < 4.78 is 23.4. The maximum atomic E-state index is 14.1. The molecule has 1 saturated heterocycles. The van der Waals surface area contributed by atoms with E-state index >= 15 is 0 Å². The first kappa shape index (κ1) is 19.5. The van der Waals surface area contributed by atoms with Crippen molar-refractivity contribution in [1.82, 2.24) is 24.2 Å². The monoisotopic (exact) mass is 400 g/mol. The smallest absolute Gasteiger partial charge is 0.256 e. The van der Waals surface area contributed by atoms with Crippen molar-refractivity contribution in [2.24, 2.45) is 13.0 Å². The zero-order chi connectivity index (χ0) is 20.7.